The summed E-state index contributed by atoms with van der Waals surface area (Å²) in [5.74, 6) is 1.30. The molecule has 3 rings (SSSR count). The molecule has 4 N–H and O–H groups in total. The standard InChI is InChI=1S/C19H28N6O/c1-14-4-5-15(2)16(12-14)24-19-17(20)18(22-13-23-19)21-6-3-7-25-8-10-26-11-9-25/h4-5,12-13H,3,6-11,20H2,1-2H3,(H2,21,22,23,24). The molecule has 0 bridgehead atoms. The first-order valence-corrected chi connectivity index (χ1v) is 9.12. The van der Waals surface area contributed by atoms with Gasteiger partial charge in [-0.1, -0.05) is 12.1 Å². The van der Waals surface area contributed by atoms with Gasteiger partial charge in [0, 0.05) is 25.3 Å². The van der Waals surface area contributed by atoms with Crippen LogP contribution in [-0.2, 0) is 4.74 Å². The van der Waals surface area contributed by atoms with Crippen LogP contribution in [0.25, 0.3) is 0 Å². The zero-order chi connectivity index (χ0) is 18.4. The molecule has 1 aliphatic rings. The predicted octanol–water partition coefficient (Wildman–Crippen LogP) is 2.55. The van der Waals surface area contributed by atoms with E-state index in [2.05, 4.69) is 57.5 Å². The van der Waals surface area contributed by atoms with Crippen LogP contribution < -0.4 is 16.4 Å². The summed E-state index contributed by atoms with van der Waals surface area (Å²) in [5, 5.41) is 6.66. The van der Waals surface area contributed by atoms with Gasteiger partial charge in [-0.15, -0.1) is 0 Å². The van der Waals surface area contributed by atoms with Crippen LogP contribution >= 0.6 is 0 Å². The smallest absolute Gasteiger partial charge is 0.159 e. The quantitative estimate of drug-likeness (QED) is 0.657. The van der Waals surface area contributed by atoms with Gasteiger partial charge in [-0.3, -0.25) is 4.90 Å². The largest absolute Gasteiger partial charge is 0.393 e. The number of benzene rings is 1. The predicted molar refractivity (Wildman–Crippen MR) is 106 cm³/mol. The fourth-order valence-corrected chi connectivity index (χ4v) is 2.97. The lowest BCUT2D eigenvalue weighted by atomic mass is 10.1. The number of rotatable bonds is 7. The lowest BCUT2D eigenvalue weighted by Gasteiger charge is -2.26. The SMILES string of the molecule is Cc1ccc(C)c(Nc2ncnc(NCCCN3CCOCC3)c2N)c1. The highest BCUT2D eigenvalue weighted by Crippen LogP contribution is 2.27. The van der Waals surface area contributed by atoms with Crippen LogP contribution in [0.5, 0.6) is 0 Å². The van der Waals surface area contributed by atoms with E-state index in [1.165, 1.54) is 11.9 Å². The molecule has 0 amide bonds. The number of aromatic nitrogens is 2. The Bertz CT molecular complexity index is 730. The summed E-state index contributed by atoms with van der Waals surface area (Å²) < 4.78 is 5.37. The summed E-state index contributed by atoms with van der Waals surface area (Å²) in [6.07, 6.45) is 2.57. The number of hydrogen-bond acceptors (Lipinski definition) is 7. The van der Waals surface area contributed by atoms with Crippen molar-refractivity contribution in [3.8, 4) is 0 Å². The number of morpholine rings is 1. The van der Waals surface area contributed by atoms with Crippen LogP contribution in [0.4, 0.5) is 23.0 Å². The topological polar surface area (TPSA) is 88.3 Å². The Morgan fingerprint density at radius 2 is 1.92 bits per heavy atom. The van der Waals surface area contributed by atoms with E-state index in [1.807, 2.05) is 0 Å². The van der Waals surface area contributed by atoms with E-state index < -0.39 is 0 Å². The number of nitrogen functional groups attached to an aromatic ring is 1. The number of anilines is 4. The molecule has 0 unspecified atom stereocenters. The van der Waals surface area contributed by atoms with Gasteiger partial charge in [-0.2, -0.15) is 0 Å². The van der Waals surface area contributed by atoms with E-state index in [0.717, 1.165) is 57.1 Å². The Morgan fingerprint density at radius 3 is 2.73 bits per heavy atom. The van der Waals surface area contributed by atoms with Gasteiger partial charge in [-0.25, -0.2) is 9.97 Å². The molecule has 1 aromatic heterocycles. The zero-order valence-corrected chi connectivity index (χ0v) is 15.6. The van der Waals surface area contributed by atoms with Gasteiger partial charge in [0.15, 0.2) is 11.6 Å². The van der Waals surface area contributed by atoms with Crippen LogP contribution in [0.2, 0.25) is 0 Å². The van der Waals surface area contributed by atoms with Crippen molar-refractivity contribution in [1.82, 2.24) is 14.9 Å². The molecule has 0 saturated carbocycles. The summed E-state index contributed by atoms with van der Waals surface area (Å²) >= 11 is 0. The number of nitrogens with one attached hydrogen (secondary N) is 2. The second-order valence-corrected chi connectivity index (χ2v) is 6.66. The molecule has 0 radical (unpaired) electrons. The van der Waals surface area contributed by atoms with Crippen molar-refractivity contribution in [3.63, 3.8) is 0 Å². The molecular formula is C19H28N6O. The molecule has 26 heavy (non-hydrogen) atoms. The van der Waals surface area contributed by atoms with E-state index in [1.54, 1.807) is 0 Å². The summed E-state index contributed by atoms with van der Waals surface area (Å²) in [6, 6.07) is 6.26. The van der Waals surface area contributed by atoms with Crippen molar-refractivity contribution in [2.45, 2.75) is 20.3 Å². The first-order chi connectivity index (χ1) is 12.6. The van der Waals surface area contributed by atoms with Gasteiger partial charge in [0.1, 0.15) is 12.0 Å². The fraction of sp³-hybridized carbons (Fsp3) is 0.474. The number of nitrogens with zero attached hydrogens (tertiary/aromatic N) is 3. The number of nitrogens with two attached hydrogens (primary N) is 1. The highest BCUT2D eigenvalue weighted by molar-refractivity contribution is 5.78. The Kier molecular flexibility index (Phi) is 6.25. The third-order valence-electron chi connectivity index (χ3n) is 4.58. The molecule has 7 heteroatoms. The zero-order valence-electron chi connectivity index (χ0n) is 15.6. The summed E-state index contributed by atoms with van der Waals surface area (Å²) in [4.78, 5) is 11.0. The summed E-state index contributed by atoms with van der Waals surface area (Å²) in [6.45, 7) is 9.69. The Hall–Kier alpha value is -2.38. The summed E-state index contributed by atoms with van der Waals surface area (Å²) in [7, 11) is 0. The van der Waals surface area contributed by atoms with E-state index in [4.69, 9.17) is 10.5 Å². The molecule has 1 fully saturated rings. The monoisotopic (exact) mass is 356 g/mol. The van der Waals surface area contributed by atoms with Crippen molar-refractivity contribution in [3.05, 3.63) is 35.7 Å². The van der Waals surface area contributed by atoms with Gasteiger partial charge in [0.05, 0.1) is 13.2 Å². The minimum Gasteiger partial charge on any atom is -0.393 e. The van der Waals surface area contributed by atoms with E-state index in [9.17, 15) is 0 Å². The molecule has 0 aliphatic carbocycles. The maximum Gasteiger partial charge on any atom is 0.159 e. The average molecular weight is 356 g/mol. The molecule has 0 atom stereocenters. The van der Waals surface area contributed by atoms with Crippen LogP contribution in [0.15, 0.2) is 24.5 Å². The molecule has 0 spiro atoms. The molecule has 2 heterocycles. The Morgan fingerprint density at radius 1 is 1.15 bits per heavy atom. The van der Waals surface area contributed by atoms with E-state index in [-0.39, 0.29) is 0 Å². The number of hydrogen-bond donors (Lipinski definition) is 3. The molecule has 2 aromatic rings. The van der Waals surface area contributed by atoms with E-state index >= 15 is 0 Å². The maximum atomic E-state index is 6.27. The minimum absolute atomic E-state index is 0.541. The molecule has 140 valence electrons. The van der Waals surface area contributed by atoms with Crippen molar-refractivity contribution >= 4 is 23.0 Å². The van der Waals surface area contributed by atoms with Crippen LogP contribution in [0, 0.1) is 13.8 Å². The lowest BCUT2D eigenvalue weighted by molar-refractivity contribution is 0.0378. The van der Waals surface area contributed by atoms with Crippen LogP contribution in [-0.4, -0.2) is 54.3 Å². The third-order valence-corrected chi connectivity index (χ3v) is 4.58. The van der Waals surface area contributed by atoms with Crippen molar-refractivity contribution in [2.75, 3.05) is 55.8 Å². The second kappa shape index (κ2) is 8.82. The van der Waals surface area contributed by atoms with Gasteiger partial charge < -0.3 is 21.1 Å². The van der Waals surface area contributed by atoms with Gasteiger partial charge in [0.25, 0.3) is 0 Å². The van der Waals surface area contributed by atoms with Gasteiger partial charge in [0.2, 0.25) is 0 Å². The molecule has 1 aromatic carbocycles. The second-order valence-electron chi connectivity index (χ2n) is 6.66. The molecular weight excluding hydrogens is 328 g/mol. The Labute approximate surface area is 155 Å². The Balaban J connectivity index is 1.57. The van der Waals surface area contributed by atoms with Crippen LogP contribution in [0.3, 0.4) is 0 Å². The lowest BCUT2D eigenvalue weighted by Crippen LogP contribution is -2.37. The van der Waals surface area contributed by atoms with Crippen molar-refractivity contribution in [1.29, 1.82) is 0 Å². The minimum atomic E-state index is 0.541. The van der Waals surface area contributed by atoms with Crippen molar-refractivity contribution in [2.24, 2.45) is 0 Å². The first-order valence-electron chi connectivity index (χ1n) is 9.12. The van der Waals surface area contributed by atoms with Crippen LogP contribution in [0.1, 0.15) is 17.5 Å². The summed E-state index contributed by atoms with van der Waals surface area (Å²) in [5.41, 5.74) is 10.2. The average Bonchev–Trinajstić information content (AvgIpc) is 2.65. The van der Waals surface area contributed by atoms with Gasteiger partial charge >= 0.3 is 0 Å². The number of ether oxygens (including phenoxy) is 1. The third kappa shape index (κ3) is 4.83. The number of aryl methyl sites for hydroxylation is 2. The first kappa shape index (κ1) is 18.4. The maximum absolute atomic E-state index is 6.27. The molecule has 1 aliphatic heterocycles. The van der Waals surface area contributed by atoms with Crippen molar-refractivity contribution < 1.29 is 4.74 Å². The van der Waals surface area contributed by atoms with Gasteiger partial charge in [-0.05, 0) is 44.0 Å². The fourth-order valence-electron chi connectivity index (χ4n) is 2.97. The van der Waals surface area contributed by atoms with E-state index in [0.29, 0.717) is 17.3 Å². The molecule has 7 nitrogen and oxygen atoms in total. The highest BCUT2D eigenvalue weighted by atomic mass is 16.5. The highest BCUT2D eigenvalue weighted by Gasteiger charge is 2.11. The molecule has 1 saturated heterocycles. The normalized spacial score (nSPS) is 15.0.